The van der Waals surface area contributed by atoms with Crippen LogP contribution in [0.3, 0.4) is 0 Å². The Bertz CT molecular complexity index is 531. The van der Waals surface area contributed by atoms with E-state index in [-0.39, 0.29) is 25.1 Å². The molecule has 1 rings (SSSR count). The molecule has 0 atom stereocenters. The molecule has 1 amide bonds. The van der Waals surface area contributed by atoms with Gasteiger partial charge in [-0.25, -0.2) is 0 Å². The zero-order valence-electron chi connectivity index (χ0n) is 11.0. The predicted molar refractivity (Wildman–Crippen MR) is 71.9 cm³/mol. The molecule has 0 bridgehead atoms. The molecular formula is C13H14F3NO3S. The molecule has 0 aliphatic rings. The number of rotatable bonds is 5. The Hall–Kier alpha value is -1.56. The minimum atomic E-state index is -4.52. The zero-order chi connectivity index (χ0) is 15.9. The Kier molecular flexibility index (Phi) is 6.68. The summed E-state index contributed by atoms with van der Waals surface area (Å²) in [5.41, 5.74) is 0.103. The molecule has 0 spiro atoms. The molecule has 21 heavy (non-hydrogen) atoms. The van der Waals surface area contributed by atoms with Gasteiger partial charge >= 0.3 is 6.18 Å². The highest BCUT2D eigenvalue weighted by molar-refractivity contribution is 7.10. The van der Waals surface area contributed by atoms with Crippen LogP contribution in [0.1, 0.15) is 21.7 Å². The van der Waals surface area contributed by atoms with Gasteiger partial charge in [-0.15, -0.1) is 11.3 Å². The molecule has 0 radical (unpaired) electrons. The first-order chi connectivity index (χ1) is 9.87. The highest BCUT2D eigenvalue weighted by Gasteiger charge is 2.33. The second-order valence-electron chi connectivity index (χ2n) is 4.04. The monoisotopic (exact) mass is 321 g/mol. The standard InChI is InChI=1S/C13H14F3NO3S/c14-13(15,16)9-17(4-6-19)12(20)10-7-11(21-8-10)3-1-2-5-18/h7-8,18-19H,2,4-6,9H2. The van der Waals surface area contributed by atoms with Gasteiger partial charge in [0.25, 0.3) is 5.91 Å². The lowest BCUT2D eigenvalue weighted by Gasteiger charge is -2.22. The first kappa shape index (κ1) is 17.5. The van der Waals surface area contributed by atoms with Gasteiger partial charge in [-0.05, 0) is 6.07 Å². The van der Waals surface area contributed by atoms with E-state index >= 15 is 0 Å². The van der Waals surface area contributed by atoms with Gasteiger partial charge in [-0.3, -0.25) is 4.79 Å². The van der Waals surface area contributed by atoms with Crippen LogP contribution in [0.4, 0.5) is 13.2 Å². The van der Waals surface area contributed by atoms with E-state index in [4.69, 9.17) is 10.2 Å². The highest BCUT2D eigenvalue weighted by Crippen LogP contribution is 2.20. The van der Waals surface area contributed by atoms with Gasteiger partial charge in [0.1, 0.15) is 6.54 Å². The number of halogens is 3. The lowest BCUT2D eigenvalue weighted by atomic mass is 10.2. The first-order valence-corrected chi connectivity index (χ1v) is 6.90. The van der Waals surface area contributed by atoms with Gasteiger partial charge < -0.3 is 15.1 Å². The van der Waals surface area contributed by atoms with Crippen molar-refractivity contribution in [1.82, 2.24) is 4.90 Å². The van der Waals surface area contributed by atoms with Gasteiger partial charge in [0.15, 0.2) is 0 Å². The number of hydrogen-bond donors (Lipinski definition) is 2. The quantitative estimate of drug-likeness (QED) is 0.808. The summed E-state index contributed by atoms with van der Waals surface area (Å²) in [6.45, 7) is -2.43. The maximum atomic E-state index is 12.4. The number of thiophene rings is 1. The van der Waals surface area contributed by atoms with E-state index in [1.165, 1.54) is 11.4 Å². The van der Waals surface area contributed by atoms with Crippen molar-refractivity contribution >= 4 is 17.2 Å². The largest absolute Gasteiger partial charge is 0.406 e. The van der Waals surface area contributed by atoms with Crippen molar-refractivity contribution in [2.75, 3.05) is 26.3 Å². The molecule has 0 fully saturated rings. The van der Waals surface area contributed by atoms with Crippen LogP contribution in [0.25, 0.3) is 0 Å². The van der Waals surface area contributed by atoms with E-state index in [1.54, 1.807) is 0 Å². The third-order valence-corrected chi connectivity index (χ3v) is 3.17. The van der Waals surface area contributed by atoms with Gasteiger partial charge in [0, 0.05) is 18.3 Å². The van der Waals surface area contributed by atoms with E-state index in [0.29, 0.717) is 9.78 Å². The van der Waals surface area contributed by atoms with E-state index in [2.05, 4.69) is 11.8 Å². The second-order valence-corrected chi connectivity index (χ2v) is 4.95. The van der Waals surface area contributed by atoms with Crippen LogP contribution in [0.5, 0.6) is 0 Å². The molecule has 8 heteroatoms. The number of alkyl halides is 3. The number of aliphatic hydroxyl groups excluding tert-OH is 2. The maximum absolute atomic E-state index is 12.4. The van der Waals surface area contributed by atoms with E-state index < -0.39 is 25.2 Å². The summed E-state index contributed by atoms with van der Waals surface area (Å²) < 4.78 is 37.2. The Morgan fingerprint density at radius 1 is 1.33 bits per heavy atom. The summed E-state index contributed by atoms with van der Waals surface area (Å²) in [5, 5.41) is 18.8. The molecule has 1 heterocycles. The predicted octanol–water partition coefficient (Wildman–Crippen LogP) is 1.48. The fourth-order valence-electron chi connectivity index (χ4n) is 1.49. The number of aliphatic hydroxyl groups is 2. The van der Waals surface area contributed by atoms with E-state index in [0.717, 1.165) is 11.3 Å². The van der Waals surface area contributed by atoms with Crippen molar-refractivity contribution in [1.29, 1.82) is 0 Å². The lowest BCUT2D eigenvalue weighted by Crippen LogP contribution is -2.40. The van der Waals surface area contributed by atoms with Gasteiger partial charge in [-0.2, -0.15) is 13.2 Å². The topological polar surface area (TPSA) is 60.8 Å². The van der Waals surface area contributed by atoms with Crippen LogP contribution >= 0.6 is 11.3 Å². The molecule has 0 aromatic carbocycles. The van der Waals surface area contributed by atoms with Crippen molar-refractivity contribution < 1.29 is 28.2 Å². The number of carbonyl (C=O) groups excluding carboxylic acids is 1. The van der Waals surface area contributed by atoms with Crippen molar-refractivity contribution in [3.05, 3.63) is 21.9 Å². The normalized spacial score (nSPS) is 10.9. The van der Waals surface area contributed by atoms with Crippen LogP contribution in [0, 0.1) is 11.8 Å². The summed E-state index contributed by atoms with van der Waals surface area (Å²) in [7, 11) is 0. The third-order valence-electron chi connectivity index (χ3n) is 2.32. The Balaban J connectivity index is 2.82. The molecule has 2 N–H and O–H groups in total. The SMILES string of the molecule is O=C(c1csc(C#CCCO)c1)N(CCO)CC(F)(F)F. The minimum Gasteiger partial charge on any atom is -0.395 e. The summed E-state index contributed by atoms with van der Waals surface area (Å²) >= 11 is 1.14. The summed E-state index contributed by atoms with van der Waals surface area (Å²) in [6, 6.07) is 1.40. The van der Waals surface area contributed by atoms with Gasteiger partial charge in [0.2, 0.25) is 0 Å². The van der Waals surface area contributed by atoms with E-state index in [9.17, 15) is 18.0 Å². The van der Waals surface area contributed by atoms with Crippen LogP contribution in [-0.4, -0.2) is 53.5 Å². The molecule has 0 saturated carbocycles. The number of hydrogen-bond acceptors (Lipinski definition) is 4. The fourth-order valence-corrected chi connectivity index (χ4v) is 2.24. The highest BCUT2D eigenvalue weighted by atomic mass is 32.1. The second kappa shape index (κ2) is 8.02. The Morgan fingerprint density at radius 2 is 2.05 bits per heavy atom. The molecule has 1 aromatic rings. The summed E-state index contributed by atoms with van der Waals surface area (Å²) in [6.07, 6.45) is -4.24. The fraction of sp³-hybridized carbons (Fsp3) is 0.462. The third kappa shape index (κ3) is 6.16. The Labute approximate surface area is 123 Å². The molecule has 0 saturated heterocycles. The van der Waals surface area contributed by atoms with Crippen molar-refractivity contribution in [2.45, 2.75) is 12.6 Å². The molecule has 116 valence electrons. The molecule has 0 aliphatic carbocycles. The zero-order valence-corrected chi connectivity index (χ0v) is 11.8. The summed E-state index contributed by atoms with van der Waals surface area (Å²) in [5.74, 6) is 4.57. The van der Waals surface area contributed by atoms with Crippen LogP contribution in [0.15, 0.2) is 11.4 Å². The Morgan fingerprint density at radius 3 is 2.62 bits per heavy atom. The van der Waals surface area contributed by atoms with Gasteiger partial charge in [-0.1, -0.05) is 11.8 Å². The summed E-state index contributed by atoms with van der Waals surface area (Å²) in [4.78, 5) is 13.1. The average molecular weight is 321 g/mol. The van der Waals surface area contributed by atoms with Crippen molar-refractivity contribution in [3.8, 4) is 11.8 Å². The minimum absolute atomic E-state index is 0.0833. The van der Waals surface area contributed by atoms with Crippen molar-refractivity contribution in [3.63, 3.8) is 0 Å². The van der Waals surface area contributed by atoms with Crippen LogP contribution in [0.2, 0.25) is 0 Å². The van der Waals surface area contributed by atoms with Crippen LogP contribution in [-0.2, 0) is 0 Å². The first-order valence-electron chi connectivity index (χ1n) is 6.02. The van der Waals surface area contributed by atoms with Crippen molar-refractivity contribution in [2.24, 2.45) is 0 Å². The lowest BCUT2D eigenvalue weighted by molar-refractivity contribution is -0.141. The van der Waals surface area contributed by atoms with Gasteiger partial charge in [0.05, 0.1) is 23.7 Å². The van der Waals surface area contributed by atoms with E-state index in [1.807, 2.05) is 0 Å². The average Bonchev–Trinajstić information content (AvgIpc) is 2.85. The molecule has 4 nitrogen and oxygen atoms in total. The number of carbonyl (C=O) groups is 1. The maximum Gasteiger partial charge on any atom is 0.406 e. The van der Waals surface area contributed by atoms with Crippen LogP contribution < -0.4 is 0 Å². The molecule has 1 aromatic heterocycles. The molecule has 0 aliphatic heterocycles. The smallest absolute Gasteiger partial charge is 0.395 e. The number of amides is 1. The molecular weight excluding hydrogens is 307 g/mol. The molecule has 0 unspecified atom stereocenters. The number of nitrogens with zero attached hydrogens (tertiary/aromatic N) is 1.